The van der Waals surface area contributed by atoms with Crippen LogP contribution in [-0.2, 0) is 54.1 Å². The molecule has 0 bridgehead atoms. The molecule has 0 spiro atoms. The first kappa shape index (κ1) is 47.9. The van der Waals surface area contributed by atoms with Gasteiger partial charge in [-0.25, -0.2) is 9.59 Å². The van der Waals surface area contributed by atoms with Gasteiger partial charge in [0.15, 0.2) is 12.2 Å². The second-order valence-electron chi connectivity index (χ2n) is 17.6. The Morgan fingerprint density at radius 1 is 0.714 bits per heavy atom. The molecule has 3 rings (SSSR count). The molecule has 0 radical (unpaired) electrons. The van der Waals surface area contributed by atoms with Crippen LogP contribution in [0.2, 0.25) is 0 Å². The van der Waals surface area contributed by atoms with E-state index < -0.39 is 95.4 Å². The van der Waals surface area contributed by atoms with E-state index >= 15 is 0 Å². The molecule has 10 atom stereocenters. The number of methoxy groups -OCH3 is 2. The minimum atomic E-state index is -1.59. The molecule has 4 N–H and O–H groups in total. The standard InChI is InChI=1S/C41H68O15/c1-22(2)39(7,8)56-31-27(43)28(44)34(52-32(31)36(46)49-14)40(9,10)51-20-19-38(5,6)55-30-26(42)29(45)35(41(11,12)54-23(3)4)53-33(30)37(47)50-21-24-15-17-25(48-13)18-16-24/h15-18,22-23,26-35,42-45H,19-21H2,1-14H3/t26-,27-,28+,29+,30+,31+,32?,33?,34-,35-/m1/s1. The van der Waals surface area contributed by atoms with Gasteiger partial charge >= 0.3 is 11.9 Å². The van der Waals surface area contributed by atoms with Gasteiger partial charge in [-0.2, -0.15) is 0 Å². The van der Waals surface area contributed by atoms with Crippen molar-refractivity contribution in [3.8, 4) is 5.75 Å². The second-order valence-corrected chi connectivity index (χ2v) is 17.6. The van der Waals surface area contributed by atoms with Gasteiger partial charge in [-0.15, -0.1) is 0 Å². The first-order valence-electron chi connectivity index (χ1n) is 19.4. The summed E-state index contributed by atoms with van der Waals surface area (Å²) in [6.07, 6.45) is -13.9. The topological polar surface area (TPSA) is 198 Å². The lowest BCUT2D eigenvalue weighted by Crippen LogP contribution is -2.67. The summed E-state index contributed by atoms with van der Waals surface area (Å²) < 4.78 is 53.0. The number of rotatable bonds is 18. The monoisotopic (exact) mass is 800 g/mol. The fourth-order valence-corrected chi connectivity index (χ4v) is 6.83. The molecule has 2 heterocycles. The van der Waals surface area contributed by atoms with Gasteiger partial charge in [0.05, 0.1) is 49.3 Å². The van der Waals surface area contributed by atoms with Crippen molar-refractivity contribution in [2.24, 2.45) is 5.92 Å². The van der Waals surface area contributed by atoms with E-state index in [9.17, 15) is 30.0 Å². The van der Waals surface area contributed by atoms with Gasteiger partial charge in [0.1, 0.15) is 61.2 Å². The van der Waals surface area contributed by atoms with Gasteiger partial charge < -0.3 is 63.1 Å². The van der Waals surface area contributed by atoms with Gasteiger partial charge in [0, 0.05) is 0 Å². The average Bonchev–Trinajstić information content (AvgIpc) is 3.10. The van der Waals surface area contributed by atoms with Crippen LogP contribution in [0.4, 0.5) is 0 Å². The Morgan fingerprint density at radius 2 is 1.21 bits per heavy atom. The van der Waals surface area contributed by atoms with Crippen LogP contribution in [-0.4, -0.2) is 143 Å². The highest BCUT2D eigenvalue weighted by Crippen LogP contribution is 2.38. The second kappa shape index (κ2) is 19.1. The summed E-state index contributed by atoms with van der Waals surface area (Å²) in [5.41, 5.74) is -3.57. The molecule has 0 aliphatic carbocycles. The van der Waals surface area contributed by atoms with Gasteiger partial charge in [-0.05, 0) is 99.3 Å². The summed E-state index contributed by atoms with van der Waals surface area (Å²) >= 11 is 0. The Bertz CT molecular complexity index is 1410. The summed E-state index contributed by atoms with van der Waals surface area (Å²) in [5, 5.41) is 45.5. The maximum absolute atomic E-state index is 13.7. The van der Waals surface area contributed by atoms with Crippen LogP contribution in [0.25, 0.3) is 0 Å². The third-order valence-electron chi connectivity index (χ3n) is 10.8. The summed E-state index contributed by atoms with van der Waals surface area (Å²) in [6.45, 7) is 21.2. The fourth-order valence-electron chi connectivity index (χ4n) is 6.83. The Labute approximate surface area is 332 Å². The van der Waals surface area contributed by atoms with Gasteiger partial charge in [-0.3, -0.25) is 0 Å². The normalized spacial score (nSPS) is 29.4. The molecule has 2 aliphatic rings. The van der Waals surface area contributed by atoms with E-state index in [1.807, 2.05) is 41.5 Å². The van der Waals surface area contributed by atoms with E-state index in [2.05, 4.69) is 0 Å². The first-order valence-corrected chi connectivity index (χ1v) is 19.4. The Morgan fingerprint density at radius 3 is 1.70 bits per heavy atom. The zero-order valence-electron chi connectivity index (χ0n) is 35.6. The van der Waals surface area contributed by atoms with E-state index in [0.717, 1.165) is 0 Å². The van der Waals surface area contributed by atoms with E-state index in [1.54, 1.807) is 72.9 Å². The molecule has 2 unspecified atom stereocenters. The van der Waals surface area contributed by atoms with Crippen LogP contribution in [0.15, 0.2) is 24.3 Å². The smallest absolute Gasteiger partial charge is 0.338 e. The zero-order chi connectivity index (χ0) is 42.6. The van der Waals surface area contributed by atoms with Crippen molar-refractivity contribution in [3.63, 3.8) is 0 Å². The lowest BCUT2D eigenvalue weighted by atomic mass is 9.85. The molecule has 2 aliphatic heterocycles. The van der Waals surface area contributed by atoms with Crippen LogP contribution in [0.5, 0.6) is 5.75 Å². The summed E-state index contributed by atoms with van der Waals surface area (Å²) in [6, 6.07) is 6.97. The van der Waals surface area contributed by atoms with E-state index in [4.69, 9.17) is 42.6 Å². The van der Waals surface area contributed by atoms with E-state index in [0.29, 0.717) is 11.3 Å². The third kappa shape index (κ3) is 11.8. The number of aliphatic hydroxyl groups is 4. The minimum Gasteiger partial charge on any atom is -0.497 e. The molecule has 0 aromatic heterocycles. The number of hydrogen-bond donors (Lipinski definition) is 4. The molecule has 2 fully saturated rings. The predicted octanol–water partition coefficient (Wildman–Crippen LogP) is 3.26. The molecule has 0 amide bonds. The SMILES string of the molecule is COC(=O)C1O[C@@H](C(C)(C)OCCC(C)(C)O[C@@H]2C(C(=O)OCc3ccc(OC)cc3)O[C@@H](C(C)(C)OC(C)C)[C@@H](O)[C@H]2O)[C@@H](O)[C@@H](O)[C@@H]1OC(C)(C)C(C)C. The van der Waals surface area contributed by atoms with Crippen LogP contribution in [0.3, 0.4) is 0 Å². The van der Waals surface area contributed by atoms with Crippen molar-refractivity contribution in [1.29, 1.82) is 0 Å². The van der Waals surface area contributed by atoms with Crippen molar-refractivity contribution in [2.75, 3.05) is 20.8 Å². The fraction of sp³-hybridized carbons (Fsp3) is 0.805. The van der Waals surface area contributed by atoms with Crippen molar-refractivity contribution >= 4 is 11.9 Å². The molecular formula is C41H68O15. The molecule has 15 heteroatoms. The van der Waals surface area contributed by atoms with Crippen molar-refractivity contribution < 1.29 is 72.6 Å². The van der Waals surface area contributed by atoms with Gasteiger partial charge in [0.25, 0.3) is 0 Å². The summed E-state index contributed by atoms with van der Waals surface area (Å²) in [5.74, 6) is -0.938. The van der Waals surface area contributed by atoms with Crippen LogP contribution >= 0.6 is 0 Å². The highest BCUT2D eigenvalue weighted by atomic mass is 16.6. The number of aliphatic hydroxyl groups excluding tert-OH is 4. The quantitative estimate of drug-likeness (QED) is 0.158. The Hall–Kier alpha value is -2.44. The molecule has 56 heavy (non-hydrogen) atoms. The molecule has 322 valence electrons. The van der Waals surface area contributed by atoms with Crippen molar-refractivity contribution in [1.82, 2.24) is 0 Å². The molecule has 15 nitrogen and oxygen atoms in total. The van der Waals surface area contributed by atoms with Gasteiger partial charge in [0.2, 0.25) is 0 Å². The molecule has 0 saturated carbocycles. The number of carbonyl (C=O) groups is 2. The summed E-state index contributed by atoms with van der Waals surface area (Å²) in [7, 11) is 2.75. The lowest BCUT2D eigenvalue weighted by molar-refractivity contribution is -0.296. The molecular weight excluding hydrogens is 732 g/mol. The average molecular weight is 801 g/mol. The minimum absolute atomic E-state index is 0.00255. The number of benzene rings is 1. The number of hydrogen-bond acceptors (Lipinski definition) is 15. The largest absolute Gasteiger partial charge is 0.497 e. The first-order chi connectivity index (χ1) is 25.8. The van der Waals surface area contributed by atoms with Crippen LogP contribution in [0.1, 0.15) is 95.1 Å². The number of esters is 2. The maximum Gasteiger partial charge on any atom is 0.338 e. The van der Waals surface area contributed by atoms with E-state index in [-0.39, 0.29) is 31.7 Å². The Balaban J connectivity index is 1.78. The van der Waals surface area contributed by atoms with Crippen molar-refractivity contribution in [3.05, 3.63) is 29.8 Å². The predicted molar refractivity (Wildman–Crippen MR) is 204 cm³/mol. The van der Waals surface area contributed by atoms with Gasteiger partial charge in [-0.1, -0.05) is 26.0 Å². The van der Waals surface area contributed by atoms with Crippen molar-refractivity contribution in [2.45, 2.75) is 186 Å². The highest BCUT2D eigenvalue weighted by Gasteiger charge is 2.56. The van der Waals surface area contributed by atoms with Crippen LogP contribution in [0, 0.1) is 5.92 Å². The highest BCUT2D eigenvalue weighted by molar-refractivity contribution is 5.76. The van der Waals surface area contributed by atoms with Crippen LogP contribution < -0.4 is 4.74 Å². The van der Waals surface area contributed by atoms with E-state index in [1.165, 1.54) is 7.11 Å². The number of ether oxygens (including phenoxy) is 9. The summed E-state index contributed by atoms with van der Waals surface area (Å²) in [4.78, 5) is 26.6. The molecule has 1 aromatic rings. The zero-order valence-corrected chi connectivity index (χ0v) is 35.6. The molecule has 1 aromatic carbocycles. The number of carbonyl (C=O) groups excluding carboxylic acids is 2. The Kier molecular flexibility index (Phi) is 16.3. The lowest BCUT2D eigenvalue weighted by Gasteiger charge is -2.49. The molecule has 2 saturated heterocycles. The maximum atomic E-state index is 13.7. The third-order valence-corrected chi connectivity index (χ3v) is 10.8.